The zero-order chi connectivity index (χ0) is 13.0. The summed E-state index contributed by atoms with van der Waals surface area (Å²) in [5.74, 6) is 0.867. The molecule has 1 unspecified atom stereocenters. The second-order valence-corrected chi connectivity index (χ2v) is 4.28. The van der Waals surface area contributed by atoms with E-state index in [0.29, 0.717) is 6.54 Å². The average Bonchev–Trinajstić information content (AvgIpc) is 2.43. The highest BCUT2D eigenvalue weighted by Crippen LogP contribution is 2.21. The van der Waals surface area contributed by atoms with Crippen LogP contribution in [0.25, 0.3) is 10.8 Å². The van der Waals surface area contributed by atoms with Crippen molar-refractivity contribution < 1.29 is 4.74 Å². The van der Waals surface area contributed by atoms with Crippen molar-refractivity contribution >= 4 is 10.8 Å². The van der Waals surface area contributed by atoms with Crippen LogP contribution in [0.5, 0.6) is 5.75 Å². The highest BCUT2D eigenvalue weighted by atomic mass is 16.5. The van der Waals surface area contributed by atoms with Crippen LogP contribution in [0.4, 0.5) is 0 Å². The molecule has 2 rings (SSSR count). The molecule has 0 fully saturated rings. The first kappa shape index (κ1) is 12.4. The molecule has 0 aliphatic rings. The topological polar surface area (TPSA) is 45.0 Å². The lowest BCUT2D eigenvalue weighted by Crippen LogP contribution is -2.23. The molecule has 3 heteroatoms. The second kappa shape index (κ2) is 5.52. The van der Waals surface area contributed by atoms with Crippen molar-refractivity contribution in [3.05, 3.63) is 42.0 Å². The van der Waals surface area contributed by atoms with Crippen molar-refractivity contribution in [2.45, 2.75) is 19.5 Å². The molecule has 0 aromatic heterocycles. The molecule has 0 spiro atoms. The maximum Gasteiger partial charge on any atom is 0.119 e. The Morgan fingerprint density at radius 3 is 2.67 bits per heavy atom. The molecule has 1 atom stereocenters. The van der Waals surface area contributed by atoms with Gasteiger partial charge in [-0.15, -0.1) is 0 Å². The summed E-state index contributed by atoms with van der Waals surface area (Å²) < 4.78 is 5.20. The number of nitrogens with zero attached hydrogens (tertiary/aromatic N) is 1. The van der Waals surface area contributed by atoms with Gasteiger partial charge in [-0.1, -0.05) is 18.2 Å². The van der Waals surface area contributed by atoms with E-state index in [4.69, 9.17) is 10.00 Å². The van der Waals surface area contributed by atoms with Gasteiger partial charge in [0.2, 0.25) is 0 Å². The summed E-state index contributed by atoms with van der Waals surface area (Å²) in [4.78, 5) is 0. The van der Waals surface area contributed by atoms with Gasteiger partial charge < -0.3 is 4.74 Å². The molecule has 0 aliphatic heterocycles. The predicted molar refractivity (Wildman–Crippen MR) is 72.4 cm³/mol. The van der Waals surface area contributed by atoms with Crippen molar-refractivity contribution in [1.82, 2.24) is 5.32 Å². The van der Waals surface area contributed by atoms with Gasteiger partial charge in [0.15, 0.2) is 0 Å². The van der Waals surface area contributed by atoms with Crippen LogP contribution in [0.15, 0.2) is 36.4 Å². The van der Waals surface area contributed by atoms with Gasteiger partial charge in [-0.2, -0.15) is 5.26 Å². The summed E-state index contributed by atoms with van der Waals surface area (Å²) in [6, 6.07) is 14.3. The normalized spacial score (nSPS) is 12.1. The summed E-state index contributed by atoms with van der Waals surface area (Å²) in [6.45, 7) is 2.56. The van der Waals surface area contributed by atoms with Gasteiger partial charge in [-0.3, -0.25) is 5.32 Å². The molecule has 0 aliphatic carbocycles. The molecular weight excluding hydrogens is 224 g/mol. The second-order valence-electron chi connectivity index (χ2n) is 4.28. The first-order chi connectivity index (χ1) is 8.72. The van der Waals surface area contributed by atoms with Crippen LogP contribution in [0, 0.1) is 11.3 Å². The summed E-state index contributed by atoms with van der Waals surface area (Å²) in [7, 11) is 1.67. The van der Waals surface area contributed by atoms with E-state index in [0.717, 1.165) is 11.1 Å². The van der Waals surface area contributed by atoms with Crippen LogP contribution < -0.4 is 10.1 Å². The smallest absolute Gasteiger partial charge is 0.119 e. The number of hydrogen-bond donors (Lipinski definition) is 1. The van der Waals surface area contributed by atoms with Crippen molar-refractivity contribution in [1.29, 1.82) is 5.26 Å². The van der Waals surface area contributed by atoms with Gasteiger partial charge >= 0.3 is 0 Å². The summed E-state index contributed by atoms with van der Waals surface area (Å²) in [5, 5.41) is 14.2. The van der Waals surface area contributed by atoms with Crippen LogP contribution in [-0.2, 0) is 6.54 Å². The maximum absolute atomic E-state index is 8.72. The van der Waals surface area contributed by atoms with Crippen LogP contribution in [-0.4, -0.2) is 13.2 Å². The van der Waals surface area contributed by atoms with Crippen LogP contribution >= 0.6 is 0 Å². The molecule has 2 aromatic rings. The molecule has 1 N–H and O–H groups in total. The van der Waals surface area contributed by atoms with Gasteiger partial charge in [-0.05, 0) is 41.5 Å². The predicted octanol–water partition coefficient (Wildman–Crippen LogP) is 2.85. The van der Waals surface area contributed by atoms with Crippen LogP contribution in [0.3, 0.4) is 0 Å². The van der Waals surface area contributed by atoms with Gasteiger partial charge in [0.1, 0.15) is 5.75 Å². The van der Waals surface area contributed by atoms with Crippen molar-refractivity contribution in [3.63, 3.8) is 0 Å². The maximum atomic E-state index is 8.72. The lowest BCUT2D eigenvalue weighted by molar-refractivity contribution is 0.415. The standard InChI is InChI=1S/C15H16N2O/c1-11(9-16)17-10-12-3-4-14-8-15(18-2)6-5-13(14)7-12/h3-8,11,17H,10H2,1-2H3. The van der Waals surface area contributed by atoms with Gasteiger partial charge in [-0.25, -0.2) is 0 Å². The van der Waals surface area contributed by atoms with E-state index in [2.05, 4.69) is 29.6 Å². The number of ether oxygens (including phenoxy) is 1. The molecule has 2 aromatic carbocycles. The third-order valence-corrected chi connectivity index (χ3v) is 2.92. The molecule has 92 valence electrons. The Morgan fingerprint density at radius 2 is 1.94 bits per heavy atom. The quantitative estimate of drug-likeness (QED) is 0.893. The molecule has 0 amide bonds. The molecular formula is C15H16N2O. The van der Waals surface area contributed by atoms with E-state index in [1.807, 2.05) is 25.1 Å². The minimum absolute atomic E-state index is 0.128. The Hall–Kier alpha value is -2.05. The van der Waals surface area contributed by atoms with E-state index in [1.54, 1.807) is 7.11 Å². The van der Waals surface area contributed by atoms with Gasteiger partial charge in [0, 0.05) is 6.54 Å². The summed E-state index contributed by atoms with van der Waals surface area (Å²) >= 11 is 0. The molecule has 0 heterocycles. The number of hydrogen-bond acceptors (Lipinski definition) is 3. The number of methoxy groups -OCH3 is 1. The van der Waals surface area contributed by atoms with Crippen molar-refractivity contribution in [2.24, 2.45) is 0 Å². The molecule has 0 saturated carbocycles. The Kier molecular flexibility index (Phi) is 3.81. The first-order valence-corrected chi connectivity index (χ1v) is 5.92. The minimum atomic E-state index is -0.128. The lowest BCUT2D eigenvalue weighted by Gasteiger charge is -2.08. The van der Waals surface area contributed by atoms with E-state index in [-0.39, 0.29) is 6.04 Å². The number of rotatable bonds is 4. The zero-order valence-electron chi connectivity index (χ0n) is 10.6. The van der Waals surface area contributed by atoms with E-state index >= 15 is 0 Å². The summed E-state index contributed by atoms with van der Waals surface area (Å²) in [5.41, 5.74) is 1.18. The number of fused-ring (bicyclic) bond motifs is 1. The molecule has 0 radical (unpaired) electrons. The molecule has 0 bridgehead atoms. The molecule has 3 nitrogen and oxygen atoms in total. The fourth-order valence-electron chi connectivity index (χ4n) is 1.83. The number of benzene rings is 2. The fourth-order valence-corrected chi connectivity index (χ4v) is 1.83. The molecule has 0 saturated heterocycles. The Labute approximate surface area is 107 Å². The Balaban J connectivity index is 2.20. The van der Waals surface area contributed by atoms with E-state index < -0.39 is 0 Å². The third kappa shape index (κ3) is 2.79. The first-order valence-electron chi connectivity index (χ1n) is 5.92. The highest BCUT2D eigenvalue weighted by molar-refractivity contribution is 5.84. The van der Waals surface area contributed by atoms with Crippen molar-refractivity contribution in [3.8, 4) is 11.8 Å². The zero-order valence-corrected chi connectivity index (χ0v) is 10.6. The number of nitrogens with one attached hydrogen (secondary N) is 1. The van der Waals surface area contributed by atoms with E-state index in [1.165, 1.54) is 10.9 Å². The van der Waals surface area contributed by atoms with Crippen LogP contribution in [0.2, 0.25) is 0 Å². The number of nitriles is 1. The van der Waals surface area contributed by atoms with Gasteiger partial charge in [0.05, 0.1) is 19.2 Å². The SMILES string of the molecule is COc1ccc2cc(CNC(C)C#N)ccc2c1. The lowest BCUT2D eigenvalue weighted by atomic mass is 10.1. The Bertz CT molecular complexity index is 587. The van der Waals surface area contributed by atoms with Crippen molar-refractivity contribution in [2.75, 3.05) is 7.11 Å². The fraction of sp³-hybridized carbons (Fsp3) is 0.267. The minimum Gasteiger partial charge on any atom is -0.497 e. The van der Waals surface area contributed by atoms with Gasteiger partial charge in [0.25, 0.3) is 0 Å². The third-order valence-electron chi connectivity index (χ3n) is 2.92. The Morgan fingerprint density at radius 1 is 1.22 bits per heavy atom. The summed E-state index contributed by atoms with van der Waals surface area (Å²) in [6.07, 6.45) is 0. The molecule has 18 heavy (non-hydrogen) atoms. The van der Waals surface area contributed by atoms with E-state index in [9.17, 15) is 0 Å². The average molecular weight is 240 g/mol. The highest BCUT2D eigenvalue weighted by Gasteiger charge is 2.01. The monoisotopic (exact) mass is 240 g/mol. The van der Waals surface area contributed by atoms with Crippen LogP contribution in [0.1, 0.15) is 12.5 Å². The largest absolute Gasteiger partial charge is 0.497 e.